The Hall–Kier alpha value is -2.49. The Balaban J connectivity index is 1.51. The number of aryl methyl sites for hydroxylation is 3. The standard InChI is InChI=1S/C20H24N2O2/c1-15-11-19-20(12-16(15)2)22(14-21-19)9-4-5-10-24-18-8-6-7-17(13-18)23-3/h6-8,11-14H,4-5,9-10H2,1-3H3. The van der Waals surface area contributed by atoms with E-state index in [-0.39, 0.29) is 0 Å². The molecular formula is C20H24N2O2. The maximum atomic E-state index is 5.79. The molecule has 0 aliphatic heterocycles. The molecule has 4 heteroatoms. The topological polar surface area (TPSA) is 36.3 Å². The fraction of sp³-hybridized carbons (Fsp3) is 0.350. The minimum atomic E-state index is 0.706. The Morgan fingerprint density at radius 1 is 1.00 bits per heavy atom. The summed E-state index contributed by atoms with van der Waals surface area (Å²) >= 11 is 0. The van der Waals surface area contributed by atoms with Crippen LogP contribution >= 0.6 is 0 Å². The molecule has 0 bridgehead atoms. The third-order valence-electron chi connectivity index (χ3n) is 4.34. The van der Waals surface area contributed by atoms with Crippen LogP contribution in [-0.2, 0) is 6.54 Å². The number of imidazole rings is 1. The molecule has 0 amide bonds. The van der Waals surface area contributed by atoms with Gasteiger partial charge >= 0.3 is 0 Å². The van der Waals surface area contributed by atoms with Crippen LogP contribution in [0, 0.1) is 13.8 Å². The highest BCUT2D eigenvalue weighted by Gasteiger charge is 2.05. The van der Waals surface area contributed by atoms with E-state index in [2.05, 4.69) is 35.5 Å². The molecule has 0 radical (unpaired) electrons. The van der Waals surface area contributed by atoms with Gasteiger partial charge in [0.2, 0.25) is 0 Å². The molecule has 24 heavy (non-hydrogen) atoms. The van der Waals surface area contributed by atoms with E-state index < -0.39 is 0 Å². The number of ether oxygens (including phenoxy) is 2. The Kier molecular flexibility index (Phi) is 5.04. The van der Waals surface area contributed by atoms with E-state index in [1.807, 2.05) is 30.6 Å². The summed E-state index contributed by atoms with van der Waals surface area (Å²) in [5, 5.41) is 0. The van der Waals surface area contributed by atoms with Crippen LogP contribution in [-0.4, -0.2) is 23.3 Å². The highest BCUT2D eigenvalue weighted by molar-refractivity contribution is 5.77. The van der Waals surface area contributed by atoms with E-state index in [1.54, 1.807) is 7.11 Å². The molecule has 3 aromatic rings. The molecule has 1 heterocycles. The summed E-state index contributed by atoms with van der Waals surface area (Å²) in [5.74, 6) is 1.68. The van der Waals surface area contributed by atoms with Gasteiger partial charge < -0.3 is 14.0 Å². The van der Waals surface area contributed by atoms with E-state index in [0.717, 1.165) is 36.4 Å². The van der Waals surface area contributed by atoms with Crippen LogP contribution in [0.1, 0.15) is 24.0 Å². The van der Waals surface area contributed by atoms with Crippen molar-refractivity contribution >= 4 is 11.0 Å². The average molecular weight is 324 g/mol. The summed E-state index contributed by atoms with van der Waals surface area (Å²) in [6.07, 6.45) is 4.00. The fourth-order valence-electron chi connectivity index (χ4n) is 2.76. The van der Waals surface area contributed by atoms with Crippen LogP contribution in [0.3, 0.4) is 0 Å². The zero-order chi connectivity index (χ0) is 16.9. The molecule has 0 spiro atoms. The van der Waals surface area contributed by atoms with E-state index in [1.165, 1.54) is 16.6 Å². The minimum Gasteiger partial charge on any atom is -0.497 e. The molecule has 1 aromatic heterocycles. The van der Waals surface area contributed by atoms with Crippen molar-refractivity contribution in [1.82, 2.24) is 9.55 Å². The first-order valence-electron chi connectivity index (χ1n) is 8.36. The average Bonchev–Trinajstić information content (AvgIpc) is 2.97. The van der Waals surface area contributed by atoms with Gasteiger partial charge in [-0.1, -0.05) is 6.07 Å². The maximum Gasteiger partial charge on any atom is 0.122 e. The second-order valence-electron chi connectivity index (χ2n) is 6.10. The number of methoxy groups -OCH3 is 1. The first-order valence-corrected chi connectivity index (χ1v) is 8.36. The van der Waals surface area contributed by atoms with Gasteiger partial charge in [0.15, 0.2) is 0 Å². The van der Waals surface area contributed by atoms with Crippen LogP contribution in [0.15, 0.2) is 42.7 Å². The highest BCUT2D eigenvalue weighted by Crippen LogP contribution is 2.20. The van der Waals surface area contributed by atoms with Crippen LogP contribution in [0.5, 0.6) is 11.5 Å². The van der Waals surface area contributed by atoms with Gasteiger partial charge in [0.05, 0.1) is 31.1 Å². The van der Waals surface area contributed by atoms with Crippen molar-refractivity contribution in [3.63, 3.8) is 0 Å². The molecule has 0 unspecified atom stereocenters. The molecule has 126 valence electrons. The molecule has 0 aliphatic carbocycles. The monoisotopic (exact) mass is 324 g/mol. The number of benzene rings is 2. The third kappa shape index (κ3) is 3.70. The molecule has 0 atom stereocenters. The van der Waals surface area contributed by atoms with Crippen molar-refractivity contribution in [2.24, 2.45) is 0 Å². The van der Waals surface area contributed by atoms with Crippen LogP contribution in [0.25, 0.3) is 11.0 Å². The fourth-order valence-corrected chi connectivity index (χ4v) is 2.76. The van der Waals surface area contributed by atoms with Crippen molar-refractivity contribution in [3.05, 3.63) is 53.9 Å². The lowest BCUT2D eigenvalue weighted by molar-refractivity contribution is 0.301. The quantitative estimate of drug-likeness (QED) is 0.599. The van der Waals surface area contributed by atoms with Gasteiger partial charge in [-0.05, 0) is 62.1 Å². The molecule has 0 saturated carbocycles. The summed E-state index contributed by atoms with van der Waals surface area (Å²) in [6, 6.07) is 12.1. The SMILES string of the molecule is COc1cccc(OCCCCn2cnc3cc(C)c(C)cc32)c1. The number of aromatic nitrogens is 2. The van der Waals surface area contributed by atoms with Gasteiger partial charge in [-0.25, -0.2) is 4.98 Å². The van der Waals surface area contributed by atoms with E-state index in [9.17, 15) is 0 Å². The van der Waals surface area contributed by atoms with Gasteiger partial charge in [-0.3, -0.25) is 0 Å². The Bertz CT molecular complexity index is 824. The van der Waals surface area contributed by atoms with E-state index in [0.29, 0.717) is 6.61 Å². The van der Waals surface area contributed by atoms with E-state index in [4.69, 9.17) is 9.47 Å². The normalized spacial score (nSPS) is 11.0. The minimum absolute atomic E-state index is 0.706. The second-order valence-corrected chi connectivity index (χ2v) is 6.10. The number of fused-ring (bicyclic) bond motifs is 1. The molecule has 0 fully saturated rings. The van der Waals surface area contributed by atoms with Crippen molar-refractivity contribution < 1.29 is 9.47 Å². The number of nitrogens with zero attached hydrogens (tertiary/aromatic N) is 2. The van der Waals surface area contributed by atoms with Gasteiger partial charge in [-0.15, -0.1) is 0 Å². The lowest BCUT2D eigenvalue weighted by atomic mass is 10.1. The molecule has 3 rings (SSSR count). The van der Waals surface area contributed by atoms with E-state index >= 15 is 0 Å². The predicted octanol–water partition coefficient (Wildman–Crippen LogP) is 4.52. The first kappa shape index (κ1) is 16.4. The summed E-state index contributed by atoms with van der Waals surface area (Å²) in [4.78, 5) is 4.50. The zero-order valence-corrected chi connectivity index (χ0v) is 14.6. The van der Waals surface area contributed by atoms with Crippen molar-refractivity contribution in [3.8, 4) is 11.5 Å². The Morgan fingerprint density at radius 3 is 2.62 bits per heavy atom. The Morgan fingerprint density at radius 2 is 1.79 bits per heavy atom. The van der Waals surface area contributed by atoms with Crippen molar-refractivity contribution in [2.45, 2.75) is 33.2 Å². The highest BCUT2D eigenvalue weighted by atomic mass is 16.5. The molecule has 0 aliphatic rings. The molecular weight excluding hydrogens is 300 g/mol. The summed E-state index contributed by atoms with van der Waals surface area (Å²) < 4.78 is 13.2. The van der Waals surface area contributed by atoms with Crippen molar-refractivity contribution in [1.29, 1.82) is 0 Å². The molecule has 0 N–H and O–H groups in total. The number of hydrogen-bond acceptors (Lipinski definition) is 3. The van der Waals surface area contributed by atoms with Crippen LogP contribution in [0.4, 0.5) is 0 Å². The van der Waals surface area contributed by atoms with Gasteiger partial charge in [0.1, 0.15) is 11.5 Å². The lowest BCUT2D eigenvalue weighted by Gasteiger charge is -2.09. The largest absolute Gasteiger partial charge is 0.497 e. The number of rotatable bonds is 7. The predicted molar refractivity (Wildman–Crippen MR) is 96.9 cm³/mol. The third-order valence-corrected chi connectivity index (χ3v) is 4.34. The Labute approximate surface area is 143 Å². The molecule has 0 saturated heterocycles. The van der Waals surface area contributed by atoms with Gasteiger partial charge in [-0.2, -0.15) is 0 Å². The van der Waals surface area contributed by atoms with Crippen LogP contribution < -0.4 is 9.47 Å². The van der Waals surface area contributed by atoms with Gasteiger partial charge in [0, 0.05) is 12.6 Å². The zero-order valence-electron chi connectivity index (χ0n) is 14.6. The lowest BCUT2D eigenvalue weighted by Crippen LogP contribution is -2.02. The van der Waals surface area contributed by atoms with Gasteiger partial charge in [0.25, 0.3) is 0 Å². The summed E-state index contributed by atoms with van der Waals surface area (Å²) in [7, 11) is 1.66. The second kappa shape index (κ2) is 7.39. The van der Waals surface area contributed by atoms with Crippen molar-refractivity contribution in [2.75, 3.05) is 13.7 Å². The smallest absolute Gasteiger partial charge is 0.122 e. The first-order chi connectivity index (χ1) is 11.7. The summed E-state index contributed by atoms with van der Waals surface area (Å²) in [6.45, 7) is 5.94. The maximum absolute atomic E-state index is 5.79. The molecule has 2 aromatic carbocycles. The summed E-state index contributed by atoms with van der Waals surface area (Å²) in [5.41, 5.74) is 4.89. The number of unbranched alkanes of at least 4 members (excludes halogenated alkanes) is 1. The number of hydrogen-bond donors (Lipinski definition) is 0. The molecule has 4 nitrogen and oxygen atoms in total. The van der Waals surface area contributed by atoms with Crippen LogP contribution in [0.2, 0.25) is 0 Å².